The highest BCUT2D eigenvalue weighted by Crippen LogP contribution is 2.25. The molecule has 0 bridgehead atoms. The van der Waals surface area contributed by atoms with Crippen molar-refractivity contribution in [2.45, 2.75) is 0 Å². The zero-order valence-electron chi connectivity index (χ0n) is 16.7. The molecule has 2 heterocycles. The van der Waals surface area contributed by atoms with Gasteiger partial charge in [0.05, 0.1) is 29.5 Å². The Bertz CT molecular complexity index is 1190. The van der Waals surface area contributed by atoms with Crippen LogP contribution < -0.4 is 4.74 Å². The minimum atomic E-state index is -0.316. The van der Waals surface area contributed by atoms with E-state index in [4.69, 9.17) is 9.72 Å². The molecule has 0 N–H and O–H groups in total. The predicted octanol–water partition coefficient (Wildman–Crippen LogP) is 3.93. The maximum Gasteiger partial charge on any atom is 0.254 e. The number of carbonyl (C=O) groups is 1. The third-order valence-corrected chi connectivity index (χ3v) is 4.80. The summed E-state index contributed by atoms with van der Waals surface area (Å²) in [4.78, 5) is 19.5. The van der Waals surface area contributed by atoms with Crippen LogP contribution in [0, 0.1) is 5.82 Å². The van der Waals surface area contributed by atoms with E-state index in [1.54, 1.807) is 41.0 Å². The number of aryl methyl sites for hydroxylation is 1. The normalized spacial score (nSPS) is 10.9. The van der Waals surface area contributed by atoms with Gasteiger partial charge in [0, 0.05) is 31.2 Å². The molecule has 0 atom stereocenters. The van der Waals surface area contributed by atoms with Gasteiger partial charge in [0.25, 0.3) is 5.91 Å². The Morgan fingerprint density at radius 3 is 2.67 bits per heavy atom. The number of hydrogen-bond acceptors (Lipinski definition) is 4. The number of halogens is 1. The van der Waals surface area contributed by atoms with Crippen LogP contribution in [0.25, 0.3) is 22.2 Å². The van der Waals surface area contributed by atoms with Gasteiger partial charge in [-0.2, -0.15) is 5.10 Å². The largest absolute Gasteiger partial charge is 0.492 e. The molecule has 0 aliphatic rings. The van der Waals surface area contributed by atoms with Crippen molar-refractivity contribution in [3.8, 4) is 17.0 Å². The molecule has 2 aromatic heterocycles. The van der Waals surface area contributed by atoms with E-state index in [9.17, 15) is 9.18 Å². The van der Waals surface area contributed by atoms with Gasteiger partial charge < -0.3 is 9.64 Å². The van der Waals surface area contributed by atoms with E-state index in [0.29, 0.717) is 30.2 Å². The summed E-state index contributed by atoms with van der Waals surface area (Å²) in [7, 11) is 3.57. The number of pyridine rings is 1. The van der Waals surface area contributed by atoms with Gasteiger partial charge in [-0.1, -0.05) is 18.2 Å². The summed E-state index contributed by atoms with van der Waals surface area (Å²) in [6.45, 7) is 0.682. The quantitative estimate of drug-likeness (QED) is 0.489. The zero-order valence-corrected chi connectivity index (χ0v) is 16.7. The lowest BCUT2D eigenvalue weighted by atomic mass is 10.0. The van der Waals surface area contributed by atoms with Crippen LogP contribution in [-0.2, 0) is 7.05 Å². The Labute approximate surface area is 173 Å². The summed E-state index contributed by atoms with van der Waals surface area (Å²) in [5, 5.41) is 4.99. The van der Waals surface area contributed by atoms with Crippen molar-refractivity contribution in [3.05, 3.63) is 78.4 Å². The van der Waals surface area contributed by atoms with E-state index in [-0.39, 0.29) is 11.7 Å². The first kappa shape index (κ1) is 19.6. The lowest BCUT2D eigenvalue weighted by Crippen LogP contribution is -2.31. The van der Waals surface area contributed by atoms with Crippen molar-refractivity contribution < 1.29 is 13.9 Å². The minimum absolute atomic E-state index is 0.124. The maximum atomic E-state index is 13.2. The number of ether oxygens (including phenoxy) is 1. The zero-order chi connectivity index (χ0) is 21.1. The molecule has 0 fully saturated rings. The smallest absolute Gasteiger partial charge is 0.254 e. The molecule has 152 valence electrons. The van der Waals surface area contributed by atoms with Crippen LogP contribution in [0.3, 0.4) is 0 Å². The molecule has 2 aromatic carbocycles. The Morgan fingerprint density at radius 1 is 1.17 bits per heavy atom. The highest BCUT2D eigenvalue weighted by atomic mass is 19.1. The Hall–Kier alpha value is -3.74. The second kappa shape index (κ2) is 8.32. The fraction of sp³-hybridized carbons (Fsp3) is 0.174. The topological polar surface area (TPSA) is 60.2 Å². The maximum absolute atomic E-state index is 13.2. The number of likely N-dealkylation sites (N-methyl/N-ethyl adjacent to an activating group) is 1. The molecule has 0 spiro atoms. The van der Waals surface area contributed by atoms with E-state index in [1.165, 1.54) is 12.1 Å². The number of benzene rings is 2. The first-order valence-electron chi connectivity index (χ1n) is 9.54. The van der Waals surface area contributed by atoms with E-state index in [2.05, 4.69) is 5.10 Å². The second-order valence-electron chi connectivity index (χ2n) is 7.00. The molecule has 30 heavy (non-hydrogen) atoms. The summed E-state index contributed by atoms with van der Waals surface area (Å²) in [6, 6.07) is 15.2. The van der Waals surface area contributed by atoms with Crippen molar-refractivity contribution >= 4 is 16.8 Å². The van der Waals surface area contributed by atoms with Crippen molar-refractivity contribution in [1.29, 1.82) is 0 Å². The lowest BCUT2D eigenvalue weighted by molar-refractivity contribution is 0.0775. The average molecular weight is 404 g/mol. The summed E-state index contributed by atoms with van der Waals surface area (Å²) in [6.07, 6.45) is 3.59. The van der Waals surface area contributed by atoms with Gasteiger partial charge in [-0.15, -0.1) is 0 Å². The van der Waals surface area contributed by atoms with Gasteiger partial charge in [-0.25, -0.2) is 9.37 Å². The lowest BCUT2D eigenvalue weighted by Gasteiger charge is -2.19. The molecule has 1 amide bonds. The van der Waals surface area contributed by atoms with E-state index < -0.39 is 0 Å². The fourth-order valence-corrected chi connectivity index (χ4v) is 3.19. The van der Waals surface area contributed by atoms with Crippen LogP contribution in [0.1, 0.15) is 10.4 Å². The standard InChI is InChI=1S/C23H21FN4O2/c1-27(11-12-30-18-9-7-17(24)8-10-18)23(29)20-13-22(16-14-25-28(2)15-16)26-21-6-4-3-5-19(20)21/h3-10,13-15H,11-12H2,1-2H3. The number of fused-ring (bicyclic) bond motifs is 1. The Morgan fingerprint density at radius 2 is 1.93 bits per heavy atom. The molecule has 0 aliphatic heterocycles. The monoisotopic (exact) mass is 404 g/mol. The van der Waals surface area contributed by atoms with Crippen molar-refractivity contribution in [2.24, 2.45) is 7.05 Å². The van der Waals surface area contributed by atoms with Crippen LogP contribution >= 0.6 is 0 Å². The van der Waals surface area contributed by atoms with Crippen LogP contribution in [0.5, 0.6) is 5.75 Å². The van der Waals surface area contributed by atoms with Crippen LogP contribution in [0.4, 0.5) is 4.39 Å². The van der Waals surface area contributed by atoms with E-state index >= 15 is 0 Å². The first-order valence-corrected chi connectivity index (χ1v) is 9.54. The predicted molar refractivity (Wildman–Crippen MR) is 113 cm³/mol. The van der Waals surface area contributed by atoms with Gasteiger partial charge >= 0.3 is 0 Å². The molecule has 0 saturated heterocycles. The number of aromatic nitrogens is 3. The third-order valence-electron chi connectivity index (χ3n) is 4.80. The number of nitrogens with zero attached hydrogens (tertiary/aromatic N) is 4. The van der Waals surface area contributed by atoms with Crippen LogP contribution in [0.2, 0.25) is 0 Å². The number of hydrogen-bond donors (Lipinski definition) is 0. The fourth-order valence-electron chi connectivity index (χ4n) is 3.19. The Balaban J connectivity index is 1.56. The number of amides is 1. The highest BCUT2D eigenvalue weighted by molar-refractivity contribution is 6.07. The average Bonchev–Trinajstić information content (AvgIpc) is 3.20. The summed E-state index contributed by atoms with van der Waals surface area (Å²) in [5.41, 5.74) is 2.86. The third kappa shape index (κ3) is 4.15. The van der Waals surface area contributed by atoms with Crippen molar-refractivity contribution in [2.75, 3.05) is 20.2 Å². The molecule has 0 unspecified atom stereocenters. The minimum Gasteiger partial charge on any atom is -0.492 e. The molecule has 0 aliphatic carbocycles. The summed E-state index contributed by atoms with van der Waals surface area (Å²) < 4.78 is 20.3. The molecular weight excluding hydrogens is 383 g/mol. The molecule has 6 nitrogen and oxygen atoms in total. The highest BCUT2D eigenvalue weighted by Gasteiger charge is 2.18. The van der Waals surface area contributed by atoms with Crippen molar-refractivity contribution in [1.82, 2.24) is 19.7 Å². The van der Waals surface area contributed by atoms with Crippen LogP contribution in [-0.4, -0.2) is 45.8 Å². The first-order chi connectivity index (χ1) is 14.5. The van der Waals surface area contributed by atoms with E-state index in [0.717, 1.165) is 16.5 Å². The SMILES string of the molecule is CN(CCOc1ccc(F)cc1)C(=O)c1cc(-c2cnn(C)c2)nc2ccccc12. The van der Waals surface area contributed by atoms with Gasteiger partial charge in [0.15, 0.2) is 0 Å². The Kier molecular flexibility index (Phi) is 5.43. The summed E-state index contributed by atoms with van der Waals surface area (Å²) in [5.74, 6) is 0.121. The van der Waals surface area contributed by atoms with Gasteiger partial charge in [-0.3, -0.25) is 9.48 Å². The van der Waals surface area contributed by atoms with Gasteiger partial charge in [-0.05, 0) is 36.4 Å². The molecule has 4 aromatic rings. The second-order valence-corrected chi connectivity index (χ2v) is 7.00. The van der Waals surface area contributed by atoms with Crippen LogP contribution in [0.15, 0.2) is 67.0 Å². The molecule has 7 heteroatoms. The molecular formula is C23H21FN4O2. The summed E-state index contributed by atoms with van der Waals surface area (Å²) >= 11 is 0. The van der Waals surface area contributed by atoms with Gasteiger partial charge in [0.1, 0.15) is 18.2 Å². The molecule has 4 rings (SSSR count). The number of para-hydroxylation sites is 1. The van der Waals surface area contributed by atoms with Crippen molar-refractivity contribution in [3.63, 3.8) is 0 Å². The number of rotatable bonds is 6. The number of carbonyl (C=O) groups excluding carboxylic acids is 1. The molecule has 0 radical (unpaired) electrons. The van der Waals surface area contributed by atoms with Gasteiger partial charge in [0.2, 0.25) is 0 Å². The van der Waals surface area contributed by atoms with E-state index in [1.807, 2.05) is 37.5 Å². The molecule has 0 saturated carbocycles.